The second-order valence-electron chi connectivity index (χ2n) is 5.69. The highest BCUT2D eigenvalue weighted by molar-refractivity contribution is 5.82. The molecule has 18 heavy (non-hydrogen) atoms. The second kappa shape index (κ2) is 7.74. The number of carbonyl (C=O) groups is 1. The van der Waals surface area contributed by atoms with E-state index in [1.165, 1.54) is 0 Å². The van der Waals surface area contributed by atoms with Crippen LogP contribution in [0.25, 0.3) is 0 Å². The van der Waals surface area contributed by atoms with Crippen LogP contribution >= 0.6 is 0 Å². The van der Waals surface area contributed by atoms with Gasteiger partial charge in [-0.1, -0.05) is 13.8 Å². The summed E-state index contributed by atoms with van der Waals surface area (Å²) in [4.78, 5) is 14.3. The summed E-state index contributed by atoms with van der Waals surface area (Å²) in [5, 5.41) is 0. The number of nitrogens with two attached hydrogens (primary N) is 1. The van der Waals surface area contributed by atoms with Crippen molar-refractivity contribution >= 4 is 5.91 Å². The van der Waals surface area contributed by atoms with Gasteiger partial charge in [-0.15, -0.1) is 0 Å². The molecule has 2 N–H and O–H groups in total. The summed E-state index contributed by atoms with van der Waals surface area (Å²) < 4.78 is 4.99. The van der Waals surface area contributed by atoms with Gasteiger partial charge in [0.1, 0.15) is 0 Å². The average Bonchev–Trinajstić information content (AvgIpc) is 3.13. The van der Waals surface area contributed by atoms with Crippen LogP contribution in [-0.2, 0) is 9.53 Å². The second-order valence-corrected chi connectivity index (χ2v) is 5.69. The minimum atomic E-state index is -0.354. The molecule has 0 bridgehead atoms. The van der Waals surface area contributed by atoms with Gasteiger partial charge < -0.3 is 15.4 Å². The molecule has 0 heterocycles. The molecule has 106 valence electrons. The molecule has 0 aromatic heterocycles. The predicted molar refractivity (Wildman–Crippen MR) is 73.3 cm³/mol. The van der Waals surface area contributed by atoms with Crippen LogP contribution in [0.2, 0.25) is 0 Å². The largest absolute Gasteiger partial charge is 0.385 e. The Morgan fingerprint density at radius 3 is 2.56 bits per heavy atom. The number of carbonyl (C=O) groups excluding carboxylic acids is 1. The number of methoxy groups -OCH3 is 1. The Morgan fingerprint density at radius 2 is 2.06 bits per heavy atom. The topological polar surface area (TPSA) is 55.6 Å². The van der Waals surface area contributed by atoms with E-state index in [1.54, 1.807) is 7.11 Å². The van der Waals surface area contributed by atoms with E-state index in [2.05, 4.69) is 13.8 Å². The standard InChI is InChI=1S/C14H28N2O2/c1-11(2)8-9-16(12-6-7-12)14(17)13(15)5-4-10-18-3/h11-13H,4-10,15H2,1-3H3. The molecule has 0 aromatic carbocycles. The fourth-order valence-corrected chi connectivity index (χ4v) is 2.04. The first-order valence-electron chi connectivity index (χ1n) is 7.11. The third-order valence-corrected chi connectivity index (χ3v) is 3.40. The first-order chi connectivity index (χ1) is 8.56. The molecule has 0 aromatic rings. The summed E-state index contributed by atoms with van der Waals surface area (Å²) in [7, 11) is 1.67. The Balaban J connectivity index is 2.38. The zero-order valence-electron chi connectivity index (χ0n) is 12.0. The predicted octanol–water partition coefficient (Wildman–Crippen LogP) is 1.78. The molecule has 1 atom stereocenters. The number of rotatable bonds is 9. The summed E-state index contributed by atoms with van der Waals surface area (Å²) in [5.41, 5.74) is 5.98. The van der Waals surface area contributed by atoms with Crippen molar-refractivity contribution in [3.63, 3.8) is 0 Å². The van der Waals surface area contributed by atoms with E-state index in [0.717, 1.165) is 38.6 Å². The molecule has 4 heteroatoms. The van der Waals surface area contributed by atoms with Gasteiger partial charge in [0.15, 0.2) is 0 Å². The van der Waals surface area contributed by atoms with Crippen LogP contribution in [0, 0.1) is 5.92 Å². The fraction of sp³-hybridized carbons (Fsp3) is 0.929. The molecule has 1 rings (SSSR count). The van der Waals surface area contributed by atoms with Crippen molar-refractivity contribution in [1.29, 1.82) is 0 Å². The number of hydrogen-bond donors (Lipinski definition) is 1. The summed E-state index contributed by atoms with van der Waals surface area (Å²) in [5.74, 6) is 0.762. The van der Waals surface area contributed by atoms with Crippen molar-refractivity contribution in [2.75, 3.05) is 20.3 Å². The third kappa shape index (κ3) is 5.36. The van der Waals surface area contributed by atoms with E-state index in [1.807, 2.05) is 4.90 Å². The Bertz CT molecular complexity index is 252. The lowest BCUT2D eigenvalue weighted by Gasteiger charge is -2.26. The number of nitrogens with zero attached hydrogens (tertiary/aromatic N) is 1. The van der Waals surface area contributed by atoms with Crippen LogP contribution in [0.15, 0.2) is 0 Å². The van der Waals surface area contributed by atoms with Crippen molar-refractivity contribution in [3.05, 3.63) is 0 Å². The monoisotopic (exact) mass is 256 g/mol. The average molecular weight is 256 g/mol. The van der Waals surface area contributed by atoms with Crippen molar-refractivity contribution in [2.24, 2.45) is 11.7 Å². The Hall–Kier alpha value is -0.610. The lowest BCUT2D eigenvalue weighted by molar-refractivity contribution is -0.133. The maximum atomic E-state index is 12.3. The molecule has 1 saturated carbocycles. The van der Waals surface area contributed by atoms with Crippen LogP contribution in [0.3, 0.4) is 0 Å². The van der Waals surface area contributed by atoms with Crippen LogP contribution in [0.1, 0.15) is 46.0 Å². The molecule has 4 nitrogen and oxygen atoms in total. The van der Waals surface area contributed by atoms with E-state index < -0.39 is 0 Å². The summed E-state index contributed by atoms with van der Waals surface area (Å²) in [6.07, 6.45) is 4.93. The molecule has 1 unspecified atom stereocenters. The molecule has 0 radical (unpaired) electrons. The van der Waals surface area contributed by atoms with Crippen LogP contribution < -0.4 is 5.73 Å². The molecule has 1 aliphatic rings. The summed E-state index contributed by atoms with van der Waals surface area (Å²) >= 11 is 0. The Kier molecular flexibility index (Phi) is 6.65. The molecule has 1 fully saturated rings. The molecule has 0 saturated heterocycles. The van der Waals surface area contributed by atoms with Crippen molar-refractivity contribution in [1.82, 2.24) is 4.90 Å². The van der Waals surface area contributed by atoms with Gasteiger partial charge in [-0.2, -0.15) is 0 Å². The van der Waals surface area contributed by atoms with E-state index >= 15 is 0 Å². The molecular weight excluding hydrogens is 228 g/mol. The van der Waals surface area contributed by atoms with Crippen LogP contribution in [0.5, 0.6) is 0 Å². The summed E-state index contributed by atoms with van der Waals surface area (Å²) in [6, 6.07) is 0.109. The summed E-state index contributed by atoms with van der Waals surface area (Å²) in [6.45, 7) is 5.91. The highest BCUT2D eigenvalue weighted by Gasteiger charge is 2.34. The molecule has 1 amide bonds. The van der Waals surface area contributed by atoms with E-state index in [-0.39, 0.29) is 11.9 Å². The van der Waals surface area contributed by atoms with Gasteiger partial charge in [0.25, 0.3) is 0 Å². The first kappa shape index (κ1) is 15.4. The van der Waals surface area contributed by atoms with Gasteiger partial charge in [-0.3, -0.25) is 4.79 Å². The number of hydrogen-bond acceptors (Lipinski definition) is 3. The van der Waals surface area contributed by atoms with Gasteiger partial charge in [0.05, 0.1) is 6.04 Å². The van der Waals surface area contributed by atoms with Crippen LogP contribution in [-0.4, -0.2) is 43.2 Å². The van der Waals surface area contributed by atoms with Gasteiger partial charge in [-0.25, -0.2) is 0 Å². The lowest BCUT2D eigenvalue weighted by Crippen LogP contribution is -2.45. The quantitative estimate of drug-likeness (QED) is 0.640. The Labute approximate surface area is 111 Å². The lowest BCUT2D eigenvalue weighted by atomic mass is 10.1. The van der Waals surface area contributed by atoms with E-state index in [0.29, 0.717) is 18.6 Å². The minimum Gasteiger partial charge on any atom is -0.385 e. The SMILES string of the molecule is COCCCC(N)C(=O)N(CCC(C)C)C1CC1. The number of ether oxygens (including phenoxy) is 1. The highest BCUT2D eigenvalue weighted by atomic mass is 16.5. The maximum absolute atomic E-state index is 12.3. The van der Waals surface area contributed by atoms with Gasteiger partial charge in [-0.05, 0) is 38.0 Å². The van der Waals surface area contributed by atoms with Gasteiger partial charge in [0.2, 0.25) is 5.91 Å². The van der Waals surface area contributed by atoms with E-state index in [9.17, 15) is 4.79 Å². The fourth-order valence-electron chi connectivity index (χ4n) is 2.04. The van der Waals surface area contributed by atoms with Crippen molar-refractivity contribution in [3.8, 4) is 0 Å². The zero-order chi connectivity index (χ0) is 13.5. The highest BCUT2D eigenvalue weighted by Crippen LogP contribution is 2.28. The molecule has 0 spiro atoms. The molecule has 1 aliphatic carbocycles. The van der Waals surface area contributed by atoms with Crippen molar-refractivity contribution < 1.29 is 9.53 Å². The first-order valence-corrected chi connectivity index (χ1v) is 7.11. The van der Waals surface area contributed by atoms with Gasteiger partial charge in [0, 0.05) is 26.3 Å². The van der Waals surface area contributed by atoms with Crippen molar-refractivity contribution in [2.45, 2.75) is 58.0 Å². The molecular formula is C14H28N2O2. The number of amides is 1. The zero-order valence-corrected chi connectivity index (χ0v) is 12.0. The Morgan fingerprint density at radius 1 is 1.39 bits per heavy atom. The van der Waals surface area contributed by atoms with E-state index in [4.69, 9.17) is 10.5 Å². The normalized spacial score (nSPS) is 16.9. The van der Waals surface area contributed by atoms with Crippen LogP contribution in [0.4, 0.5) is 0 Å². The maximum Gasteiger partial charge on any atom is 0.239 e. The molecule has 0 aliphatic heterocycles. The third-order valence-electron chi connectivity index (χ3n) is 3.40. The smallest absolute Gasteiger partial charge is 0.239 e. The van der Waals surface area contributed by atoms with Gasteiger partial charge >= 0.3 is 0 Å². The minimum absolute atomic E-state index is 0.134.